The van der Waals surface area contributed by atoms with Crippen molar-refractivity contribution in [2.75, 3.05) is 12.3 Å². The van der Waals surface area contributed by atoms with Crippen molar-refractivity contribution in [1.82, 2.24) is 4.90 Å². The lowest BCUT2D eigenvalue weighted by atomic mass is 9.98. The second-order valence-corrected chi connectivity index (χ2v) is 6.10. The van der Waals surface area contributed by atoms with Gasteiger partial charge in [0.25, 0.3) is 0 Å². The van der Waals surface area contributed by atoms with Gasteiger partial charge in [0.05, 0.1) is 6.04 Å². The first-order valence-electron chi connectivity index (χ1n) is 6.48. The number of nitrogens with zero attached hydrogens (tertiary/aromatic N) is 1. The van der Waals surface area contributed by atoms with E-state index in [0.29, 0.717) is 19.4 Å². The monoisotopic (exact) mass is 276 g/mol. The van der Waals surface area contributed by atoms with E-state index in [1.165, 1.54) is 15.4 Å². The fraction of sp³-hybridized carbons (Fsp3) is 0.429. The summed E-state index contributed by atoms with van der Waals surface area (Å²) in [6.07, 6.45) is 0.860. The molecule has 2 unspecified atom stereocenters. The predicted molar refractivity (Wildman–Crippen MR) is 73.8 cm³/mol. The molecule has 3 rings (SSSR count). The number of carbonyl (C=O) groups is 2. The summed E-state index contributed by atoms with van der Waals surface area (Å²) in [7, 11) is 0. The molecule has 1 fully saturated rings. The highest BCUT2D eigenvalue weighted by atomic mass is 32.2. The largest absolute Gasteiger partial charge is 0.320 e. The lowest BCUT2D eigenvalue weighted by Gasteiger charge is -2.30. The molecule has 1 aromatic rings. The van der Waals surface area contributed by atoms with Gasteiger partial charge in [0.2, 0.25) is 11.8 Å². The molecular weight excluding hydrogens is 260 g/mol. The molecule has 2 aliphatic rings. The number of piperidine rings is 1. The summed E-state index contributed by atoms with van der Waals surface area (Å²) in [5.41, 5.74) is 6.99. The summed E-state index contributed by atoms with van der Waals surface area (Å²) < 4.78 is 0. The molecule has 0 aromatic heterocycles. The van der Waals surface area contributed by atoms with Crippen LogP contribution in [0, 0.1) is 0 Å². The third-order valence-electron chi connectivity index (χ3n) is 3.76. The highest BCUT2D eigenvalue weighted by Crippen LogP contribution is 2.39. The second-order valence-electron chi connectivity index (χ2n) is 5.03. The zero-order valence-electron chi connectivity index (χ0n) is 10.5. The van der Waals surface area contributed by atoms with Crippen LogP contribution in [0.1, 0.15) is 24.3 Å². The number of imide groups is 1. The molecule has 0 spiro atoms. The fourth-order valence-electron chi connectivity index (χ4n) is 2.65. The first-order chi connectivity index (χ1) is 9.16. The molecular formula is C14H16N2O2S. The molecule has 2 aliphatic heterocycles. The molecule has 19 heavy (non-hydrogen) atoms. The lowest BCUT2D eigenvalue weighted by Crippen LogP contribution is -2.52. The molecule has 4 nitrogen and oxygen atoms in total. The minimum atomic E-state index is -0.512. The standard InChI is InChI=1S/C14H16N2O2S/c15-11-5-6-13(17)16(14(11)18)7-9-8-19-12-4-2-1-3-10(9)12/h1-4,9,11H,5-8,15H2. The number of hydrogen-bond donors (Lipinski definition) is 1. The number of nitrogens with two attached hydrogens (primary N) is 1. The summed E-state index contributed by atoms with van der Waals surface area (Å²) in [5, 5.41) is 0. The number of thioether (sulfide) groups is 1. The smallest absolute Gasteiger partial charge is 0.246 e. The average molecular weight is 276 g/mol. The van der Waals surface area contributed by atoms with Crippen LogP contribution in [0.3, 0.4) is 0 Å². The van der Waals surface area contributed by atoms with E-state index < -0.39 is 6.04 Å². The zero-order valence-corrected chi connectivity index (χ0v) is 11.4. The highest BCUT2D eigenvalue weighted by molar-refractivity contribution is 7.99. The number of benzene rings is 1. The van der Waals surface area contributed by atoms with Crippen molar-refractivity contribution in [3.63, 3.8) is 0 Å². The van der Waals surface area contributed by atoms with E-state index in [-0.39, 0.29) is 17.7 Å². The van der Waals surface area contributed by atoms with Crippen LogP contribution < -0.4 is 5.73 Å². The minimum absolute atomic E-state index is 0.0823. The van der Waals surface area contributed by atoms with E-state index in [0.717, 1.165) is 5.75 Å². The Morgan fingerprint density at radius 2 is 2.11 bits per heavy atom. The van der Waals surface area contributed by atoms with Crippen LogP contribution in [0.5, 0.6) is 0 Å². The second kappa shape index (κ2) is 4.98. The van der Waals surface area contributed by atoms with E-state index in [4.69, 9.17) is 5.73 Å². The topological polar surface area (TPSA) is 63.4 Å². The van der Waals surface area contributed by atoms with Gasteiger partial charge in [-0.1, -0.05) is 18.2 Å². The van der Waals surface area contributed by atoms with Crippen LogP contribution in [-0.4, -0.2) is 35.1 Å². The Kier molecular flexibility index (Phi) is 3.33. The Labute approximate surface area is 116 Å². The number of likely N-dealkylation sites (tertiary alicyclic amines) is 1. The van der Waals surface area contributed by atoms with Crippen molar-refractivity contribution in [1.29, 1.82) is 0 Å². The molecule has 0 saturated carbocycles. The first kappa shape index (κ1) is 12.7. The predicted octanol–water partition coefficient (Wildman–Crippen LogP) is 1.35. The van der Waals surface area contributed by atoms with Gasteiger partial charge in [-0.25, -0.2) is 0 Å². The van der Waals surface area contributed by atoms with E-state index >= 15 is 0 Å². The Balaban J connectivity index is 1.79. The van der Waals surface area contributed by atoms with Crippen LogP contribution in [0.25, 0.3) is 0 Å². The van der Waals surface area contributed by atoms with Gasteiger partial charge in [0, 0.05) is 29.5 Å². The van der Waals surface area contributed by atoms with Gasteiger partial charge >= 0.3 is 0 Å². The van der Waals surface area contributed by atoms with Crippen molar-refractivity contribution in [2.24, 2.45) is 5.73 Å². The fourth-order valence-corrected chi connectivity index (χ4v) is 3.89. The maximum atomic E-state index is 12.0. The van der Waals surface area contributed by atoms with Crippen molar-refractivity contribution < 1.29 is 9.59 Å². The summed E-state index contributed by atoms with van der Waals surface area (Å²) in [4.78, 5) is 26.5. The van der Waals surface area contributed by atoms with E-state index in [1.54, 1.807) is 11.8 Å². The molecule has 1 aromatic carbocycles. The lowest BCUT2D eigenvalue weighted by molar-refractivity contribution is -0.149. The Morgan fingerprint density at radius 3 is 2.95 bits per heavy atom. The highest BCUT2D eigenvalue weighted by Gasteiger charge is 2.35. The van der Waals surface area contributed by atoms with Gasteiger partial charge in [-0.15, -0.1) is 11.8 Å². The molecule has 5 heteroatoms. The van der Waals surface area contributed by atoms with Crippen molar-refractivity contribution in [3.8, 4) is 0 Å². The number of amides is 2. The van der Waals surface area contributed by atoms with Gasteiger partial charge < -0.3 is 5.73 Å². The first-order valence-corrected chi connectivity index (χ1v) is 7.47. The third-order valence-corrected chi connectivity index (χ3v) is 5.01. The molecule has 100 valence electrons. The Bertz CT molecular complexity index is 532. The normalized spacial score (nSPS) is 26.7. The summed E-state index contributed by atoms with van der Waals surface area (Å²) in [5.74, 6) is 0.858. The number of rotatable bonds is 2. The molecule has 0 aliphatic carbocycles. The van der Waals surface area contributed by atoms with Crippen LogP contribution in [0.2, 0.25) is 0 Å². The maximum Gasteiger partial charge on any atom is 0.246 e. The van der Waals surface area contributed by atoms with Crippen LogP contribution >= 0.6 is 11.8 Å². The molecule has 2 heterocycles. The SMILES string of the molecule is NC1CCC(=O)N(CC2CSc3ccccc32)C1=O. The van der Waals surface area contributed by atoms with Gasteiger partial charge in [0.1, 0.15) is 0 Å². The maximum absolute atomic E-state index is 12.0. The van der Waals surface area contributed by atoms with Gasteiger partial charge in [-0.3, -0.25) is 14.5 Å². The van der Waals surface area contributed by atoms with Crippen molar-refractivity contribution >= 4 is 23.6 Å². The Hall–Kier alpha value is -1.33. The van der Waals surface area contributed by atoms with Crippen LogP contribution in [0.4, 0.5) is 0 Å². The minimum Gasteiger partial charge on any atom is -0.320 e. The van der Waals surface area contributed by atoms with E-state index in [9.17, 15) is 9.59 Å². The molecule has 1 saturated heterocycles. The molecule has 2 amide bonds. The zero-order chi connectivity index (χ0) is 13.4. The van der Waals surface area contributed by atoms with E-state index in [2.05, 4.69) is 12.1 Å². The van der Waals surface area contributed by atoms with Crippen molar-refractivity contribution in [2.45, 2.75) is 29.7 Å². The molecule has 2 atom stereocenters. The third kappa shape index (κ3) is 2.28. The van der Waals surface area contributed by atoms with E-state index in [1.807, 2.05) is 12.1 Å². The quantitative estimate of drug-likeness (QED) is 0.828. The number of fused-ring (bicyclic) bond motifs is 1. The van der Waals surface area contributed by atoms with Gasteiger partial charge in [0.15, 0.2) is 0 Å². The Morgan fingerprint density at radius 1 is 1.32 bits per heavy atom. The molecule has 0 radical (unpaired) electrons. The average Bonchev–Trinajstić information content (AvgIpc) is 2.83. The summed E-state index contributed by atoms with van der Waals surface area (Å²) >= 11 is 1.79. The molecule has 2 N–H and O–H groups in total. The van der Waals surface area contributed by atoms with Gasteiger partial charge in [-0.05, 0) is 18.1 Å². The van der Waals surface area contributed by atoms with Crippen LogP contribution in [0.15, 0.2) is 29.2 Å². The molecule has 0 bridgehead atoms. The van der Waals surface area contributed by atoms with Crippen LogP contribution in [-0.2, 0) is 9.59 Å². The summed E-state index contributed by atoms with van der Waals surface area (Å²) in [6, 6.07) is 7.68. The van der Waals surface area contributed by atoms with Gasteiger partial charge in [-0.2, -0.15) is 0 Å². The number of hydrogen-bond acceptors (Lipinski definition) is 4. The van der Waals surface area contributed by atoms with Crippen molar-refractivity contribution in [3.05, 3.63) is 29.8 Å². The summed E-state index contributed by atoms with van der Waals surface area (Å²) in [6.45, 7) is 0.468. The number of carbonyl (C=O) groups excluding carboxylic acids is 2.